The van der Waals surface area contributed by atoms with E-state index in [1.807, 2.05) is 0 Å². The summed E-state index contributed by atoms with van der Waals surface area (Å²) in [4.78, 5) is 16.3. The van der Waals surface area contributed by atoms with Crippen LogP contribution in [0.25, 0.3) is 0 Å². The molecule has 0 spiro atoms. The number of amides is 1. The van der Waals surface area contributed by atoms with Gasteiger partial charge in [0.1, 0.15) is 0 Å². The Bertz CT molecular complexity index is 529. The van der Waals surface area contributed by atoms with Crippen molar-refractivity contribution in [2.75, 3.05) is 19.6 Å². The summed E-state index contributed by atoms with van der Waals surface area (Å²) in [6, 6.07) is 0.526. The molecule has 0 aromatic heterocycles. The van der Waals surface area contributed by atoms with Gasteiger partial charge in [0.05, 0.1) is 0 Å². The maximum absolute atomic E-state index is 13.9. The average Bonchev–Trinajstić information content (AvgIpc) is 2.99. The van der Waals surface area contributed by atoms with E-state index in [0.717, 1.165) is 38.9 Å². The minimum absolute atomic E-state index is 0.451. The lowest BCUT2D eigenvalue weighted by Gasteiger charge is -2.32. The van der Waals surface area contributed by atoms with Gasteiger partial charge in [-0.3, -0.25) is 4.79 Å². The second-order valence-electron chi connectivity index (χ2n) is 14.4. The van der Waals surface area contributed by atoms with Crippen LogP contribution in [0.4, 0.5) is 0 Å². The zero-order valence-electron chi connectivity index (χ0n) is 30.8. The molecule has 0 saturated carbocycles. The predicted octanol–water partition coefficient (Wildman–Crippen LogP) is 12.7. The van der Waals surface area contributed by atoms with Gasteiger partial charge in [-0.2, -0.15) is 0 Å². The summed E-state index contributed by atoms with van der Waals surface area (Å²) >= 11 is 0. The van der Waals surface area contributed by atoms with Crippen molar-refractivity contribution in [2.45, 2.75) is 221 Å². The number of nitrogens with zero attached hydrogens (tertiary/aromatic N) is 1. The number of hydrogen-bond acceptors (Lipinski definition) is 2. The fourth-order valence-corrected chi connectivity index (χ4v) is 6.65. The van der Waals surface area contributed by atoms with Crippen LogP contribution in [0, 0.1) is 11.8 Å². The molecule has 0 aliphatic carbocycles. The van der Waals surface area contributed by atoms with Crippen molar-refractivity contribution in [3.05, 3.63) is 0 Å². The van der Waals surface area contributed by atoms with Crippen LogP contribution in [-0.2, 0) is 4.79 Å². The molecule has 2 atom stereocenters. The Morgan fingerprint density at radius 3 is 1.21 bits per heavy atom. The summed E-state index contributed by atoms with van der Waals surface area (Å²) in [5, 5.41) is 3.54. The number of rotatable bonds is 34. The lowest BCUT2D eigenvalue weighted by molar-refractivity contribution is -0.132. The molecule has 0 aliphatic rings. The Morgan fingerprint density at radius 2 is 0.837 bits per heavy atom. The zero-order chi connectivity index (χ0) is 31.8. The van der Waals surface area contributed by atoms with E-state index in [2.05, 4.69) is 51.8 Å². The van der Waals surface area contributed by atoms with Crippen LogP contribution < -0.4 is 5.32 Å². The maximum atomic E-state index is 13.9. The fourth-order valence-electron chi connectivity index (χ4n) is 6.65. The van der Waals surface area contributed by atoms with Crippen LogP contribution >= 0.6 is 0 Å². The van der Waals surface area contributed by atoms with E-state index in [1.54, 1.807) is 0 Å². The number of hydrogen-bond donors (Lipinski definition) is 1. The molecular formula is C40H82N2O. The van der Waals surface area contributed by atoms with Crippen molar-refractivity contribution in [1.82, 2.24) is 10.2 Å². The first-order valence-corrected chi connectivity index (χ1v) is 20.0. The first-order chi connectivity index (χ1) is 21.0. The van der Waals surface area contributed by atoms with Crippen molar-refractivity contribution in [2.24, 2.45) is 11.8 Å². The van der Waals surface area contributed by atoms with Gasteiger partial charge in [-0.25, -0.2) is 0 Å². The van der Waals surface area contributed by atoms with E-state index in [-0.39, 0.29) is 0 Å². The van der Waals surface area contributed by atoms with E-state index in [1.165, 1.54) is 154 Å². The van der Waals surface area contributed by atoms with E-state index in [9.17, 15) is 4.79 Å². The molecule has 3 nitrogen and oxygen atoms in total. The van der Waals surface area contributed by atoms with Gasteiger partial charge in [-0.15, -0.1) is 0 Å². The van der Waals surface area contributed by atoms with Gasteiger partial charge < -0.3 is 10.2 Å². The Balaban J connectivity index is 5.42. The molecule has 0 aromatic rings. The molecule has 0 aliphatic heterocycles. The second-order valence-corrected chi connectivity index (χ2v) is 14.4. The third-order valence-corrected chi connectivity index (χ3v) is 9.54. The van der Waals surface area contributed by atoms with Gasteiger partial charge in [0.25, 0.3) is 0 Å². The van der Waals surface area contributed by atoms with Crippen LogP contribution in [0.2, 0.25) is 0 Å². The van der Waals surface area contributed by atoms with Crippen molar-refractivity contribution in [3.63, 3.8) is 0 Å². The lowest BCUT2D eigenvalue weighted by atomic mass is 9.91. The smallest absolute Gasteiger partial charge is 0.222 e. The van der Waals surface area contributed by atoms with Crippen molar-refractivity contribution >= 4 is 5.91 Å². The van der Waals surface area contributed by atoms with Crippen LogP contribution in [0.3, 0.4) is 0 Å². The molecule has 0 heterocycles. The molecule has 0 rings (SSSR count). The zero-order valence-corrected chi connectivity index (χ0v) is 30.8. The molecule has 1 amide bonds. The molecule has 43 heavy (non-hydrogen) atoms. The highest BCUT2D eigenvalue weighted by atomic mass is 16.2. The summed E-state index contributed by atoms with van der Waals surface area (Å²) in [7, 11) is 0. The highest BCUT2D eigenvalue weighted by Gasteiger charge is 2.22. The maximum Gasteiger partial charge on any atom is 0.222 e. The quantitative estimate of drug-likeness (QED) is 0.0739. The predicted molar refractivity (Wildman–Crippen MR) is 194 cm³/mol. The summed E-state index contributed by atoms with van der Waals surface area (Å²) in [6.07, 6.45) is 35.3. The Morgan fingerprint density at radius 1 is 0.488 bits per heavy atom. The first kappa shape index (κ1) is 42.4. The number of unbranched alkanes of at least 4 members (excludes halogenated alkanes) is 17. The first-order valence-electron chi connectivity index (χ1n) is 20.0. The Hall–Kier alpha value is -0.570. The van der Waals surface area contributed by atoms with Crippen molar-refractivity contribution < 1.29 is 4.79 Å². The Labute approximate surface area is 272 Å². The monoisotopic (exact) mass is 607 g/mol. The van der Waals surface area contributed by atoms with Gasteiger partial charge in [0, 0.05) is 25.6 Å². The molecule has 258 valence electrons. The van der Waals surface area contributed by atoms with E-state index >= 15 is 0 Å². The summed E-state index contributed by atoms with van der Waals surface area (Å²) in [5.41, 5.74) is 0. The van der Waals surface area contributed by atoms with E-state index in [0.29, 0.717) is 23.8 Å². The normalized spacial score (nSPS) is 13.1. The highest BCUT2D eigenvalue weighted by Crippen LogP contribution is 2.25. The molecule has 0 radical (unpaired) electrons. The second kappa shape index (κ2) is 32.8. The summed E-state index contributed by atoms with van der Waals surface area (Å²) in [6.45, 7) is 16.7. The largest absolute Gasteiger partial charge is 0.342 e. The number of carbonyl (C=O) groups is 1. The standard InChI is InChI=1S/C40H82N2O/c1-7-11-15-19-21-25-31-38(29-23-17-13-9-3)35-42(40(43)33-27-28-34-41-37(5)6)36-39(30-24-18-14-10-4)32-26-22-20-16-12-8-2/h37-39,41H,7-36H2,1-6H3. The van der Waals surface area contributed by atoms with E-state index in [4.69, 9.17) is 0 Å². The van der Waals surface area contributed by atoms with Gasteiger partial charge in [0.15, 0.2) is 0 Å². The number of carbonyl (C=O) groups excluding carboxylic acids is 1. The minimum atomic E-state index is 0.451. The van der Waals surface area contributed by atoms with Crippen LogP contribution in [0.15, 0.2) is 0 Å². The fraction of sp³-hybridized carbons (Fsp3) is 0.975. The van der Waals surface area contributed by atoms with Crippen LogP contribution in [0.1, 0.15) is 215 Å². The third kappa shape index (κ3) is 28.6. The summed E-state index contributed by atoms with van der Waals surface area (Å²) < 4.78 is 0. The van der Waals surface area contributed by atoms with Crippen LogP contribution in [0.5, 0.6) is 0 Å². The van der Waals surface area contributed by atoms with Gasteiger partial charge >= 0.3 is 0 Å². The lowest BCUT2D eigenvalue weighted by Crippen LogP contribution is -2.39. The van der Waals surface area contributed by atoms with Gasteiger partial charge in [0.2, 0.25) is 5.91 Å². The third-order valence-electron chi connectivity index (χ3n) is 9.54. The molecular weight excluding hydrogens is 524 g/mol. The molecule has 0 bridgehead atoms. The molecule has 0 saturated heterocycles. The SMILES string of the molecule is CCCCCCCCC(CCCCCC)CN(CC(CCCCCC)CCCCCCCC)C(=O)CCCCNC(C)C. The van der Waals surface area contributed by atoms with Gasteiger partial charge in [-0.05, 0) is 56.9 Å². The minimum Gasteiger partial charge on any atom is -0.342 e. The van der Waals surface area contributed by atoms with Crippen LogP contribution in [-0.4, -0.2) is 36.5 Å². The van der Waals surface area contributed by atoms with E-state index < -0.39 is 0 Å². The average molecular weight is 607 g/mol. The Kier molecular flexibility index (Phi) is 32.4. The van der Waals surface area contributed by atoms with Crippen molar-refractivity contribution in [1.29, 1.82) is 0 Å². The molecule has 0 fully saturated rings. The van der Waals surface area contributed by atoms with Gasteiger partial charge in [-0.1, -0.05) is 170 Å². The highest BCUT2D eigenvalue weighted by molar-refractivity contribution is 5.76. The van der Waals surface area contributed by atoms with Crippen molar-refractivity contribution in [3.8, 4) is 0 Å². The summed E-state index contributed by atoms with van der Waals surface area (Å²) in [5.74, 6) is 1.82. The molecule has 2 unspecified atom stereocenters. The molecule has 1 N–H and O–H groups in total. The topological polar surface area (TPSA) is 32.3 Å². The molecule has 3 heteroatoms. The number of nitrogens with one attached hydrogen (secondary N) is 1. The molecule has 0 aromatic carbocycles.